The zero-order valence-electron chi connectivity index (χ0n) is 21.6. The molecule has 1 amide bonds. The van der Waals surface area contributed by atoms with Crippen LogP contribution in [0.3, 0.4) is 0 Å². The molecule has 0 saturated heterocycles. The number of aliphatic carboxylic acids is 1. The fraction of sp³-hybridized carbons (Fsp3) is 0.556. The molecule has 39 heavy (non-hydrogen) atoms. The Balaban J connectivity index is 1.65. The van der Waals surface area contributed by atoms with Gasteiger partial charge >= 0.3 is 12.1 Å². The minimum absolute atomic E-state index is 0.00898. The molecule has 2 saturated carbocycles. The van der Waals surface area contributed by atoms with Gasteiger partial charge in [0.25, 0.3) is 5.91 Å². The maximum atomic E-state index is 14.4. The van der Waals surface area contributed by atoms with Crippen molar-refractivity contribution in [1.29, 1.82) is 0 Å². The van der Waals surface area contributed by atoms with E-state index in [9.17, 15) is 37.1 Å². The number of amides is 1. The number of benzene rings is 1. The monoisotopic (exact) mass is 571 g/mol. The lowest BCUT2D eigenvalue weighted by atomic mass is 9.64. The summed E-state index contributed by atoms with van der Waals surface area (Å²) in [5.41, 5.74) is -2.35. The third kappa shape index (κ3) is 6.28. The fourth-order valence-electron chi connectivity index (χ4n) is 6.00. The summed E-state index contributed by atoms with van der Waals surface area (Å²) in [5, 5.41) is 13.0. The number of rotatable bonds is 8. The number of ketones is 1. The van der Waals surface area contributed by atoms with Gasteiger partial charge in [-0.25, -0.2) is 4.39 Å². The van der Waals surface area contributed by atoms with Gasteiger partial charge < -0.3 is 10.0 Å². The van der Waals surface area contributed by atoms with Gasteiger partial charge in [0, 0.05) is 6.54 Å². The van der Waals surface area contributed by atoms with E-state index in [-0.39, 0.29) is 48.6 Å². The smallest absolute Gasteiger partial charge is 0.433 e. The molecule has 7 nitrogen and oxygen atoms in total. The average Bonchev–Trinajstić information content (AvgIpc) is 3.28. The van der Waals surface area contributed by atoms with E-state index in [0.29, 0.717) is 12.8 Å². The van der Waals surface area contributed by atoms with Gasteiger partial charge in [-0.05, 0) is 62.0 Å². The Morgan fingerprint density at radius 3 is 2.33 bits per heavy atom. The minimum Gasteiger partial charge on any atom is -0.481 e. The van der Waals surface area contributed by atoms with Crippen LogP contribution in [-0.2, 0) is 11.0 Å². The molecule has 1 aromatic carbocycles. The van der Waals surface area contributed by atoms with E-state index in [4.69, 9.17) is 11.6 Å². The summed E-state index contributed by atoms with van der Waals surface area (Å²) in [5.74, 6) is -4.40. The number of alkyl halides is 3. The van der Waals surface area contributed by atoms with Crippen LogP contribution in [0.2, 0.25) is 5.02 Å². The van der Waals surface area contributed by atoms with E-state index in [1.54, 1.807) is 0 Å². The summed E-state index contributed by atoms with van der Waals surface area (Å²) in [4.78, 5) is 39.0. The molecule has 1 N–H and O–H groups in total. The number of carbonyl (C=O) groups is 3. The number of hydrogen-bond donors (Lipinski definition) is 1. The van der Waals surface area contributed by atoms with Gasteiger partial charge in [-0.3, -0.25) is 19.1 Å². The Labute approximate surface area is 228 Å². The summed E-state index contributed by atoms with van der Waals surface area (Å²) in [6.45, 7) is 3.44. The van der Waals surface area contributed by atoms with Crippen molar-refractivity contribution in [3.8, 4) is 0 Å². The van der Waals surface area contributed by atoms with Gasteiger partial charge in [0.05, 0.1) is 40.9 Å². The van der Waals surface area contributed by atoms with Crippen LogP contribution in [0.1, 0.15) is 84.8 Å². The number of carbonyl (C=O) groups excluding carboxylic acids is 2. The molecular weight excluding hydrogens is 542 g/mol. The van der Waals surface area contributed by atoms with Crippen molar-refractivity contribution >= 4 is 29.3 Å². The number of carboxylic acid groups (broad SMARTS) is 1. The second-order valence-corrected chi connectivity index (χ2v) is 11.7. The van der Waals surface area contributed by atoms with Crippen molar-refractivity contribution in [1.82, 2.24) is 14.7 Å². The van der Waals surface area contributed by atoms with Crippen molar-refractivity contribution in [3.05, 3.63) is 52.1 Å². The lowest BCUT2D eigenvalue weighted by molar-refractivity contribution is -0.147. The third-order valence-electron chi connectivity index (χ3n) is 7.71. The Hall–Kier alpha value is -2.95. The van der Waals surface area contributed by atoms with Crippen LogP contribution in [0.25, 0.3) is 0 Å². The van der Waals surface area contributed by atoms with Crippen LogP contribution < -0.4 is 0 Å². The van der Waals surface area contributed by atoms with Crippen molar-refractivity contribution in [2.75, 3.05) is 13.1 Å². The number of nitrogens with zero attached hydrogens (tertiary/aromatic N) is 3. The molecular formula is C27H30ClF4N3O4. The number of carboxylic acids is 1. The topological polar surface area (TPSA) is 92.5 Å². The normalized spacial score (nSPS) is 21.3. The molecule has 2 fully saturated rings. The van der Waals surface area contributed by atoms with Crippen molar-refractivity contribution < 1.29 is 37.1 Å². The highest BCUT2D eigenvalue weighted by molar-refractivity contribution is 6.34. The van der Waals surface area contributed by atoms with Crippen LogP contribution in [-0.4, -0.2) is 50.5 Å². The SMILES string of the molecule is CC1(C)CC(CN(CC(=O)c2c(F)cccc2Cl)C(=O)c2cnn([C@H]3CC[C@@H](C(=O)O)CC3)c2C(F)(F)F)C1. The van der Waals surface area contributed by atoms with E-state index < -0.39 is 65.0 Å². The highest BCUT2D eigenvalue weighted by Crippen LogP contribution is 2.45. The molecule has 0 aliphatic heterocycles. The molecule has 2 aromatic rings. The van der Waals surface area contributed by atoms with Crippen LogP contribution in [0.15, 0.2) is 24.4 Å². The maximum absolute atomic E-state index is 14.4. The Bertz CT molecular complexity index is 1240. The number of Topliss-reactive ketones (excluding diaryl/α,β-unsaturated/α-hetero) is 1. The molecule has 1 aromatic heterocycles. The molecule has 4 rings (SSSR count). The highest BCUT2D eigenvalue weighted by Gasteiger charge is 2.44. The van der Waals surface area contributed by atoms with Gasteiger partial charge in [-0.15, -0.1) is 0 Å². The Kier molecular flexibility index (Phi) is 8.12. The summed E-state index contributed by atoms with van der Waals surface area (Å²) < 4.78 is 58.2. The first-order valence-corrected chi connectivity index (χ1v) is 13.2. The minimum atomic E-state index is -4.94. The lowest BCUT2D eigenvalue weighted by Gasteiger charge is -2.44. The first-order valence-electron chi connectivity index (χ1n) is 12.8. The molecule has 0 spiro atoms. The first-order chi connectivity index (χ1) is 18.2. The van der Waals surface area contributed by atoms with Crippen LogP contribution in [0.5, 0.6) is 0 Å². The second-order valence-electron chi connectivity index (χ2n) is 11.3. The number of hydrogen-bond acceptors (Lipinski definition) is 4. The molecule has 0 radical (unpaired) electrons. The van der Waals surface area contributed by atoms with Crippen LogP contribution in [0, 0.1) is 23.1 Å². The lowest BCUT2D eigenvalue weighted by Crippen LogP contribution is -2.45. The predicted molar refractivity (Wildman–Crippen MR) is 134 cm³/mol. The van der Waals surface area contributed by atoms with E-state index in [0.717, 1.165) is 21.8 Å². The second kappa shape index (κ2) is 10.9. The predicted octanol–water partition coefficient (Wildman–Crippen LogP) is 6.27. The average molecular weight is 572 g/mol. The summed E-state index contributed by atoms with van der Waals surface area (Å²) in [6, 6.07) is 2.97. The molecule has 0 atom stereocenters. The molecule has 0 bridgehead atoms. The quantitative estimate of drug-likeness (QED) is 0.298. The van der Waals surface area contributed by atoms with Gasteiger partial charge in [0.2, 0.25) is 0 Å². The highest BCUT2D eigenvalue weighted by atomic mass is 35.5. The Morgan fingerprint density at radius 1 is 1.15 bits per heavy atom. The largest absolute Gasteiger partial charge is 0.481 e. The zero-order valence-corrected chi connectivity index (χ0v) is 22.4. The molecule has 2 aliphatic carbocycles. The molecule has 2 aliphatic rings. The third-order valence-corrected chi connectivity index (χ3v) is 8.03. The zero-order chi connectivity index (χ0) is 28.7. The van der Waals surface area contributed by atoms with Crippen LogP contribution >= 0.6 is 11.6 Å². The van der Waals surface area contributed by atoms with Crippen LogP contribution in [0.4, 0.5) is 17.6 Å². The maximum Gasteiger partial charge on any atom is 0.433 e. The standard InChI is InChI=1S/C27H30ClF4N3O4/c1-26(2)10-15(11-26)13-34(14-21(36)22-19(28)4-3-5-20(22)29)24(37)18-12-33-35(23(18)27(30,31)32)17-8-6-16(7-9-17)25(38)39/h3-5,12,15-17H,6-11,13-14H2,1-2H3,(H,38,39)/t16-,17+. The van der Waals surface area contributed by atoms with E-state index in [2.05, 4.69) is 5.10 Å². The molecule has 212 valence electrons. The molecule has 12 heteroatoms. The molecule has 1 heterocycles. The Morgan fingerprint density at radius 2 is 1.79 bits per heavy atom. The van der Waals surface area contributed by atoms with Gasteiger partial charge in [0.15, 0.2) is 11.5 Å². The van der Waals surface area contributed by atoms with E-state index in [1.165, 1.54) is 12.1 Å². The van der Waals surface area contributed by atoms with Crippen molar-refractivity contribution in [3.63, 3.8) is 0 Å². The van der Waals surface area contributed by atoms with Gasteiger partial charge in [-0.1, -0.05) is 31.5 Å². The summed E-state index contributed by atoms with van der Waals surface area (Å²) >= 11 is 6.03. The van der Waals surface area contributed by atoms with E-state index in [1.807, 2.05) is 13.8 Å². The van der Waals surface area contributed by atoms with Crippen molar-refractivity contribution in [2.45, 2.75) is 64.6 Å². The van der Waals surface area contributed by atoms with Crippen molar-refractivity contribution in [2.24, 2.45) is 17.3 Å². The number of aromatic nitrogens is 2. The first kappa shape index (κ1) is 29.0. The number of halogens is 5. The summed E-state index contributed by atoms with van der Waals surface area (Å²) in [6.07, 6.45) is -1.93. The van der Waals surface area contributed by atoms with Gasteiger partial charge in [0.1, 0.15) is 5.82 Å². The fourth-order valence-corrected chi connectivity index (χ4v) is 6.26. The molecule has 0 unspecified atom stereocenters. The van der Waals surface area contributed by atoms with E-state index >= 15 is 0 Å². The summed E-state index contributed by atoms with van der Waals surface area (Å²) in [7, 11) is 0. The van der Waals surface area contributed by atoms with Gasteiger partial charge in [-0.2, -0.15) is 18.3 Å².